The molecule has 1 fully saturated rings. The van der Waals surface area contributed by atoms with Crippen LogP contribution < -0.4 is 15.8 Å². The number of hydrogen-bond donors (Lipinski definition) is 2. The fraction of sp³-hybridized carbons (Fsp3) is 0.318. The molecule has 4 rings (SSSR count). The number of nitrogens with one attached hydrogen (secondary N) is 1. The van der Waals surface area contributed by atoms with Crippen molar-refractivity contribution in [2.45, 2.75) is 38.1 Å². The molecule has 3 amide bonds. The summed E-state index contributed by atoms with van der Waals surface area (Å²) < 4.78 is 5.16. The van der Waals surface area contributed by atoms with Crippen LogP contribution in [-0.4, -0.2) is 35.8 Å². The lowest BCUT2D eigenvalue weighted by Gasteiger charge is -2.29. The number of carbonyl (C=O) groups is 3. The zero-order valence-corrected chi connectivity index (χ0v) is 17.5. The molecule has 1 saturated carbocycles. The largest absolute Gasteiger partial charge is 0.497 e. The summed E-state index contributed by atoms with van der Waals surface area (Å²) in [6.45, 7) is 0. The number of ether oxygens (including phenoxy) is 1. The van der Waals surface area contributed by atoms with Crippen molar-refractivity contribution in [2.24, 2.45) is 0 Å². The Bertz CT molecular complexity index is 1000. The van der Waals surface area contributed by atoms with Crippen LogP contribution in [0.5, 0.6) is 5.75 Å². The molecule has 0 bridgehead atoms. The third-order valence-corrected chi connectivity index (χ3v) is 5.63. The monoisotopic (exact) mass is 429 g/mol. The van der Waals surface area contributed by atoms with Gasteiger partial charge in [-0.15, -0.1) is 12.4 Å². The van der Waals surface area contributed by atoms with Gasteiger partial charge >= 0.3 is 0 Å². The smallest absolute Gasteiger partial charge is 0.261 e. The Morgan fingerprint density at radius 3 is 2.43 bits per heavy atom. The van der Waals surface area contributed by atoms with Crippen molar-refractivity contribution in [1.29, 1.82) is 0 Å². The van der Waals surface area contributed by atoms with Crippen LogP contribution in [0.4, 0.5) is 11.4 Å². The number of rotatable bonds is 4. The summed E-state index contributed by atoms with van der Waals surface area (Å²) in [5.74, 6) is -0.426. The average Bonchev–Trinajstić information content (AvgIpc) is 3.00. The standard InChI is InChI=1S/C22H23N3O4.ClH/c1-29-15-8-10-18(23)19(12-15)24-20(26)13-7-9-16-17(11-13)22(28)25(21(16)27)14-5-3-2-4-6-14;/h7-12,14H,2-6,23H2,1H3,(H,24,26);1H. The number of anilines is 2. The number of nitrogen functional groups attached to an aromatic ring is 1. The zero-order valence-electron chi connectivity index (χ0n) is 16.6. The Morgan fingerprint density at radius 1 is 1.03 bits per heavy atom. The molecular weight excluding hydrogens is 406 g/mol. The van der Waals surface area contributed by atoms with Crippen molar-refractivity contribution in [1.82, 2.24) is 4.90 Å². The van der Waals surface area contributed by atoms with Crippen molar-refractivity contribution in [3.05, 3.63) is 53.1 Å². The third kappa shape index (κ3) is 3.85. The van der Waals surface area contributed by atoms with Gasteiger partial charge in [-0.1, -0.05) is 19.3 Å². The van der Waals surface area contributed by atoms with Crippen molar-refractivity contribution >= 4 is 41.5 Å². The second-order valence-corrected chi connectivity index (χ2v) is 7.44. The SMILES string of the molecule is COc1ccc(N)c(NC(=O)c2ccc3c(c2)C(=O)N(C2CCCCC2)C3=O)c1.Cl. The number of imide groups is 1. The summed E-state index contributed by atoms with van der Waals surface area (Å²) in [7, 11) is 1.53. The molecule has 2 aromatic carbocycles. The highest BCUT2D eigenvalue weighted by molar-refractivity contribution is 6.22. The Hall–Kier alpha value is -3.06. The van der Waals surface area contributed by atoms with Gasteiger partial charge in [0.2, 0.25) is 0 Å². The number of hydrogen-bond acceptors (Lipinski definition) is 5. The second-order valence-electron chi connectivity index (χ2n) is 7.44. The lowest BCUT2D eigenvalue weighted by Crippen LogP contribution is -2.40. The van der Waals surface area contributed by atoms with Gasteiger partial charge in [0.25, 0.3) is 17.7 Å². The normalized spacial score (nSPS) is 16.1. The van der Waals surface area contributed by atoms with Gasteiger partial charge in [0.15, 0.2) is 0 Å². The maximum Gasteiger partial charge on any atom is 0.261 e. The van der Waals surface area contributed by atoms with Gasteiger partial charge in [-0.2, -0.15) is 0 Å². The number of nitrogens with two attached hydrogens (primary N) is 1. The van der Waals surface area contributed by atoms with Crippen molar-refractivity contribution in [2.75, 3.05) is 18.2 Å². The Morgan fingerprint density at radius 2 is 1.73 bits per heavy atom. The van der Waals surface area contributed by atoms with Gasteiger partial charge in [-0.25, -0.2) is 0 Å². The Kier molecular flexibility index (Phi) is 6.31. The van der Waals surface area contributed by atoms with Crippen molar-refractivity contribution in [3.8, 4) is 5.75 Å². The molecule has 158 valence electrons. The quantitative estimate of drug-likeness (QED) is 0.567. The molecule has 7 nitrogen and oxygen atoms in total. The molecule has 30 heavy (non-hydrogen) atoms. The van der Waals surface area contributed by atoms with Crippen LogP contribution in [0.3, 0.4) is 0 Å². The zero-order chi connectivity index (χ0) is 20.5. The van der Waals surface area contributed by atoms with Gasteiger partial charge in [-0.3, -0.25) is 19.3 Å². The highest BCUT2D eigenvalue weighted by Gasteiger charge is 2.40. The molecular formula is C22H24ClN3O4. The number of amides is 3. The summed E-state index contributed by atoms with van der Waals surface area (Å²) >= 11 is 0. The maximum atomic E-state index is 12.9. The minimum atomic E-state index is -0.413. The molecule has 0 aromatic heterocycles. The molecule has 2 aromatic rings. The first-order valence-corrected chi connectivity index (χ1v) is 9.76. The number of benzene rings is 2. The van der Waals surface area contributed by atoms with E-state index in [-0.39, 0.29) is 41.4 Å². The highest BCUT2D eigenvalue weighted by Crippen LogP contribution is 2.32. The average molecular weight is 430 g/mol. The fourth-order valence-electron chi connectivity index (χ4n) is 4.04. The van der Waals surface area contributed by atoms with Crippen LogP contribution in [0.15, 0.2) is 36.4 Å². The summed E-state index contributed by atoms with van der Waals surface area (Å²) in [5.41, 5.74) is 7.67. The first-order valence-electron chi connectivity index (χ1n) is 9.76. The molecule has 0 unspecified atom stereocenters. The lowest BCUT2D eigenvalue weighted by molar-refractivity contribution is 0.0549. The lowest BCUT2D eigenvalue weighted by atomic mass is 9.94. The van der Waals surface area contributed by atoms with Gasteiger partial charge in [0.05, 0.1) is 29.6 Å². The molecule has 0 atom stereocenters. The minimum absolute atomic E-state index is 0. The highest BCUT2D eigenvalue weighted by atomic mass is 35.5. The van der Waals surface area contributed by atoms with E-state index in [0.29, 0.717) is 22.7 Å². The Labute approximate surface area is 181 Å². The van der Waals surface area contributed by atoms with Gasteiger partial charge < -0.3 is 15.8 Å². The van der Waals surface area contributed by atoms with E-state index in [4.69, 9.17) is 10.5 Å². The summed E-state index contributed by atoms with van der Waals surface area (Å²) in [6, 6.07) is 9.52. The predicted octanol–water partition coefficient (Wildman–Crippen LogP) is 3.88. The number of fused-ring (bicyclic) bond motifs is 1. The number of carbonyl (C=O) groups excluding carboxylic acids is 3. The molecule has 0 spiro atoms. The van der Waals surface area contributed by atoms with E-state index in [2.05, 4.69) is 5.32 Å². The fourth-order valence-corrected chi connectivity index (χ4v) is 4.04. The first-order chi connectivity index (χ1) is 14.0. The van der Waals surface area contributed by atoms with Crippen LogP contribution in [0.25, 0.3) is 0 Å². The van der Waals surface area contributed by atoms with E-state index in [1.165, 1.54) is 18.1 Å². The predicted molar refractivity (Wildman–Crippen MR) is 116 cm³/mol. The molecule has 1 aliphatic heterocycles. The van der Waals surface area contributed by atoms with Gasteiger partial charge in [-0.05, 0) is 43.2 Å². The van der Waals surface area contributed by atoms with E-state index in [9.17, 15) is 14.4 Å². The van der Waals surface area contributed by atoms with Crippen molar-refractivity contribution < 1.29 is 19.1 Å². The van der Waals surface area contributed by atoms with Crippen LogP contribution in [0.2, 0.25) is 0 Å². The second kappa shape index (κ2) is 8.75. The molecule has 0 saturated heterocycles. The van der Waals surface area contributed by atoms with Gasteiger partial charge in [0.1, 0.15) is 5.75 Å². The minimum Gasteiger partial charge on any atom is -0.497 e. The molecule has 3 N–H and O–H groups in total. The maximum absolute atomic E-state index is 12.9. The van der Waals surface area contributed by atoms with Crippen LogP contribution in [0, 0.1) is 0 Å². The summed E-state index contributed by atoms with van der Waals surface area (Å²) in [6.07, 6.45) is 4.86. The van der Waals surface area contributed by atoms with Gasteiger partial charge in [0, 0.05) is 17.7 Å². The van der Waals surface area contributed by atoms with E-state index in [1.807, 2.05) is 0 Å². The van der Waals surface area contributed by atoms with E-state index < -0.39 is 5.91 Å². The molecule has 0 radical (unpaired) electrons. The van der Waals surface area contributed by atoms with Crippen LogP contribution in [-0.2, 0) is 0 Å². The number of halogens is 1. The molecule has 1 heterocycles. The molecule has 8 heteroatoms. The topological polar surface area (TPSA) is 102 Å². The molecule has 1 aliphatic carbocycles. The third-order valence-electron chi connectivity index (χ3n) is 5.63. The van der Waals surface area contributed by atoms with Crippen molar-refractivity contribution in [3.63, 3.8) is 0 Å². The van der Waals surface area contributed by atoms with E-state index in [0.717, 1.165) is 32.1 Å². The number of nitrogens with zero attached hydrogens (tertiary/aromatic N) is 1. The van der Waals surface area contributed by atoms with Crippen LogP contribution >= 0.6 is 12.4 Å². The first kappa shape index (κ1) is 21.6. The van der Waals surface area contributed by atoms with E-state index >= 15 is 0 Å². The summed E-state index contributed by atoms with van der Waals surface area (Å²) in [4.78, 5) is 39.8. The van der Waals surface area contributed by atoms with Crippen LogP contribution in [0.1, 0.15) is 63.2 Å². The molecule has 2 aliphatic rings. The summed E-state index contributed by atoms with van der Waals surface area (Å²) in [5, 5.41) is 2.74. The number of methoxy groups -OCH3 is 1. The Balaban J connectivity index is 0.00000256. The van der Waals surface area contributed by atoms with E-state index in [1.54, 1.807) is 30.3 Å².